The van der Waals surface area contributed by atoms with Gasteiger partial charge in [-0.1, -0.05) is 18.2 Å². The van der Waals surface area contributed by atoms with Crippen molar-refractivity contribution >= 4 is 29.2 Å². The van der Waals surface area contributed by atoms with Crippen LogP contribution in [0.5, 0.6) is 0 Å². The number of benzene rings is 1. The van der Waals surface area contributed by atoms with E-state index in [1.165, 1.54) is 6.07 Å². The Morgan fingerprint density at radius 1 is 1.29 bits per heavy atom. The zero-order valence-electron chi connectivity index (χ0n) is 21.7. The first-order valence-corrected chi connectivity index (χ1v) is 13.5. The largest absolute Gasteiger partial charge is 0.369 e. The van der Waals surface area contributed by atoms with Crippen LogP contribution >= 0.6 is 11.6 Å². The molecule has 5 rings (SSSR count). The number of aryl methyl sites for hydroxylation is 1. The predicted octanol–water partition coefficient (Wildman–Crippen LogP) is 6.03. The average Bonchev–Trinajstić information content (AvgIpc) is 3.75. The van der Waals surface area contributed by atoms with Gasteiger partial charge < -0.3 is 9.47 Å². The SMILES string of the molecule is C=C/C(=C\N=C)N1CCC[C@H](N(Cc2ccnc(C)c2)Cc2cn(C3CC3)c3cc(Cl)c(F)cc3c2=O)C1. The Labute approximate surface area is 227 Å². The number of allylic oxidation sites excluding steroid dienone is 1. The molecule has 2 aliphatic rings. The van der Waals surface area contributed by atoms with Crippen molar-refractivity contribution < 1.29 is 4.39 Å². The Bertz CT molecular complexity index is 1460. The van der Waals surface area contributed by atoms with E-state index in [-0.39, 0.29) is 16.5 Å². The molecule has 1 atom stereocenters. The van der Waals surface area contributed by atoms with Gasteiger partial charge in [-0.05, 0) is 75.2 Å². The minimum Gasteiger partial charge on any atom is -0.369 e. The summed E-state index contributed by atoms with van der Waals surface area (Å²) >= 11 is 6.11. The Morgan fingerprint density at radius 3 is 2.82 bits per heavy atom. The van der Waals surface area contributed by atoms with Crippen molar-refractivity contribution in [1.82, 2.24) is 19.4 Å². The van der Waals surface area contributed by atoms with Gasteiger partial charge in [0.25, 0.3) is 0 Å². The van der Waals surface area contributed by atoms with E-state index in [9.17, 15) is 9.18 Å². The van der Waals surface area contributed by atoms with Crippen molar-refractivity contribution in [2.75, 3.05) is 13.1 Å². The highest BCUT2D eigenvalue weighted by Gasteiger charge is 2.29. The van der Waals surface area contributed by atoms with E-state index < -0.39 is 5.82 Å². The molecule has 1 saturated carbocycles. The fraction of sp³-hybridized carbons (Fsp3) is 0.367. The summed E-state index contributed by atoms with van der Waals surface area (Å²) in [5.74, 6) is -0.567. The van der Waals surface area contributed by atoms with E-state index in [0.717, 1.165) is 55.7 Å². The van der Waals surface area contributed by atoms with Crippen LogP contribution < -0.4 is 5.43 Å². The molecule has 0 amide bonds. The first-order valence-electron chi connectivity index (χ1n) is 13.1. The normalized spacial score (nSPS) is 18.3. The molecule has 2 aromatic heterocycles. The van der Waals surface area contributed by atoms with Crippen LogP contribution in [0.3, 0.4) is 0 Å². The third-order valence-corrected chi connectivity index (χ3v) is 7.81. The van der Waals surface area contributed by atoms with Crippen molar-refractivity contribution in [3.05, 3.63) is 99.1 Å². The van der Waals surface area contributed by atoms with Crippen LogP contribution in [0.25, 0.3) is 10.9 Å². The van der Waals surface area contributed by atoms with Gasteiger partial charge in [0.15, 0.2) is 5.43 Å². The number of nitrogens with zero attached hydrogens (tertiary/aromatic N) is 5. The summed E-state index contributed by atoms with van der Waals surface area (Å²) in [6, 6.07) is 7.50. The molecule has 1 aromatic carbocycles. The highest BCUT2D eigenvalue weighted by molar-refractivity contribution is 6.31. The van der Waals surface area contributed by atoms with Crippen LogP contribution in [-0.4, -0.2) is 45.2 Å². The van der Waals surface area contributed by atoms with Crippen molar-refractivity contribution in [1.29, 1.82) is 0 Å². The summed E-state index contributed by atoms with van der Waals surface area (Å²) < 4.78 is 16.6. The van der Waals surface area contributed by atoms with Gasteiger partial charge in [-0.25, -0.2) is 4.39 Å². The Balaban J connectivity index is 1.54. The Kier molecular flexibility index (Phi) is 7.77. The van der Waals surface area contributed by atoms with Crippen LogP contribution in [0, 0.1) is 12.7 Å². The molecular formula is C30H33ClFN5O. The molecule has 6 nitrogen and oxygen atoms in total. The molecule has 0 radical (unpaired) electrons. The van der Waals surface area contributed by atoms with Crippen LogP contribution in [0.1, 0.15) is 48.5 Å². The van der Waals surface area contributed by atoms with Gasteiger partial charge in [0.1, 0.15) is 5.82 Å². The number of hydrogen-bond acceptors (Lipinski definition) is 5. The second-order valence-corrected chi connectivity index (χ2v) is 10.7. The van der Waals surface area contributed by atoms with Crippen molar-refractivity contribution in [2.45, 2.75) is 57.8 Å². The minimum atomic E-state index is -0.567. The third kappa shape index (κ3) is 5.59. The fourth-order valence-electron chi connectivity index (χ4n) is 5.48. The summed E-state index contributed by atoms with van der Waals surface area (Å²) in [4.78, 5) is 26.7. The zero-order chi connectivity index (χ0) is 26.8. The number of fused-ring (bicyclic) bond motifs is 1. The maximum absolute atomic E-state index is 14.5. The summed E-state index contributed by atoms with van der Waals surface area (Å²) in [5.41, 5.74) is 4.27. The molecule has 8 heteroatoms. The third-order valence-electron chi connectivity index (χ3n) is 7.52. The topological polar surface area (TPSA) is 53.7 Å². The highest BCUT2D eigenvalue weighted by atomic mass is 35.5. The number of rotatable bonds is 9. The van der Waals surface area contributed by atoms with Gasteiger partial charge in [-0.2, -0.15) is 0 Å². The molecule has 0 N–H and O–H groups in total. The number of aliphatic imine (C=N–C) groups is 1. The second-order valence-electron chi connectivity index (χ2n) is 10.3. The molecule has 1 saturated heterocycles. The first kappa shape index (κ1) is 26.3. The number of hydrogen-bond donors (Lipinski definition) is 0. The number of pyridine rings is 2. The van der Waals surface area contributed by atoms with Gasteiger partial charge in [0.2, 0.25) is 0 Å². The maximum atomic E-state index is 14.5. The quantitative estimate of drug-likeness (QED) is 0.249. The van der Waals surface area contributed by atoms with Gasteiger partial charge in [-0.15, -0.1) is 0 Å². The summed E-state index contributed by atoms with van der Waals surface area (Å²) in [6.45, 7) is 12.4. The molecule has 1 aliphatic heterocycles. The van der Waals surface area contributed by atoms with Gasteiger partial charge in [-0.3, -0.25) is 19.7 Å². The van der Waals surface area contributed by atoms with E-state index in [1.807, 2.05) is 31.5 Å². The lowest BCUT2D eigenvalue weighted by atomic mass is 10.0. The lowest BCUT2D eigenvalue weighted by molar-refractivity contribution is 0.104. The molecule has 38 heavy (non-hydrogen) atoms. The lowest BCUT2D eigenvalue weighted by Gasteiger charge is -2.40. The number of piperidine rings is 1. The summed E-state index contributed by atoms with van der Waals surface area (Å²) in [6.07, 6.45) is 11.4. The molecule has 3 heterocycles. The summed E-state index contributed by atoms with van der Waals surface area (Å²) in [7, 11) is 0. The van der Waals surface area contributed by atoms with Gasteiger partial charge >= 0.3 is 0 Å². The first-order chi connectivity index (χ1) is 18.4. The van der Waals surface area contributed by atoms with Crippen LogP contribution in [0.2, 0.25) is 5.02 Å². The number of halogens is 2. The zero-order valence-corrected chi connectivity index (χ0v) is 22.5. The van der Waals surface area contributed by atoms with E-state index >= 15 is 0 Å². The molecule has 198 valence electrons. The predicted molar refractivity (Wildman–Crippen MR) is 152 cm³/mol. The number of aromatic nitrogens is 2. The standard InChI is InChI=1S/C30H33ClFN5O/c1-4-23(15-33-3)35-11-5-6-25(19-35)36(16-21-9-10-34-20(2)12-21)17-22-18-37(24-7-8-24)29-14-27(31)28(32)13-26(29)30(22)38/h4,9-10,12-15,18,24-25H,1,3,5-8,11,16-17,19H2,2H3/b23-15+/t25-/m0/s1. The lowest BCUT2D eigenvalue weighted by Crippen LogP contribution is -2.47. The van der Waals surface area contributed by atoms with Crippen LogP contribution in [-0.2, 0) is 13.1 Å². The van der Waals surface area contributed by atoms with Crippen molar-refractivity contribution in [3.63, 3.8) is 0 Å². The maximum Gasteiger partial charge on any atom is 0.193 e. The van der Waals surface area contributed by atoms with E-state index in [0.29, 0.717) is 35.6 Å². The number of likely N-dealkylation sites (tertiary alicyclic amines) is 1. The second kappa shape index (κ2) is 11.2. The molecule has 0 unspecified atom stereocenters. The minimum absolute atomic E-state index is 0.0381. The van der Waals surface area contributed by atoms with Crippen molar-refractivity contribution in [2.24, 2.45) is 4.99 Å². The van der Waals surface area contributed by atoms with E-state index in [2.05, 4.69) is 43.7 Å². The monoisotopic (exact) mass is 533 g/mol. The van der Waals surface area contributed by atoms with Crippen LogP contribution in [0.4, 0.5) is 4.39 Å². The molecule has 0 spiro atoms. The average molecular weight is 534 g/mol. The van der Waals surface area contributed by atoms with E-state index in [1.54, 1.807) is 12.3 Å². The molecule has 1 aliphatic carbocycles. The van der Waals surface area contributed by atoms with Crippen molar-refractivity contribution in [3.8, 4) is 0 Å². The Morgan fingerprint density at radius 2 is 2.11 bits per heavy atom. The van der Waals surface area contributed by atoms with Gasteiger partial charge in [0, 0.05) is 73.5 Å². The fourth-order valence-corrected chi connectivity index (χ4v) is 5.64. The smallest absolute Gasteiger partial charge is 0.193 e. The molecule has 3 aromatic rings. The van der Waals surface area contributed by atoms with E-state index in [4.69, 9.17) is 11.6 Å². The van der Waals surface area contributed by atoms with Gasteiger partial charge in [0.05, 0.1) is 16.2 Å². The van der Waals surface area contributed by atoms with Crippen LogP contribution in [0.15, 0.2) is 71.0 Å². The molecule has 0 bridgehead atoms. The molecule has 2 fully saturated rings. The Hall–Kier alpha value is -3.29. The molecular weight excluding hydrogens is 501 g/mol. The summed E-state index contributed by atoms with van der Waals surface area (Å²) in [5, 5.41) is 0.423. The highest BCUT2D eigenvalue weighted by Crippen LogP contribution is 2.38.